The van der Waals surface area contributed by atoms with Gasteiger partial charge in [-0.3, -0.25) is 14.5 Å². The van der Waals surface area contributed by atoms with Gasteiger partial charge in [-0.05, 0) is 56.5 Å². The van der Waals surface area contributed by atoms with E-state index < -0.39 is 21.0 Å². The van der Waals surface area contributed by atoms with E-state index in [0.717, 1.165) is 42.9 Å². The molecule has 1 aromatic heterocycles. The molecule has 2 heterocycles. The summed E-state index contributed by atoms with van der Waals surface area (Å²) in [6.45, 7) is 8.03. The number of amides is 2. The predicted molar refractivity (Wildman–Crippen MR) is 123 cm³/mol. The number of hydrogen-bond donors (Lipinski definition) is 2. The smallest absolute Gasteiger partial charge is 0.251 e. The number of primary amides is 1. The number of fused-ring (bicyclic) bond motifs is 1. The van der Waals surface area contributed by atoms with E-state index in [4.69, 9.17) is 5.73 Å². The van der Waals surface area contributed by atoms with E-state index in [1.54, 1.807) is 26.0 Å². The molecule has 1 aliphatic heterocycles. The Kier molecular flexibility index (Phi) is 7.18. The minimum atomic E-state index is -3.35. The van der Waals surface area contributed by atoms with Gasteiger partial charge in [-0.15, -0.1) is 11.3 Å². The number of carbonyl (C=O) groups excluding carboxylic acids is 2. The van der Waals surface area contributed by atoms with Crippen molar-refractivity contribution in [3.63, 3.8) is 0 Å². The van der Waals surface area contributed by atoms with Crippen LogP contribution in [0.2, 0.25) is 0 Å². The average molecular weight is 464 g/mol. The van der Waals surface area contributed by atoms with Crippen LogP contribution in [-0.2, 0) is 34.0 Å². The molecule has 9 heteroatoms. The molecule has 0 fully saturated rings. The van der Waals surface area contributed by atoms with E-state index in [1.807, 2.05) is 0 Å². The number of anilines is 1. The van der Waals surface area contributed by atoms with Crippen LogP contribution in [0.3, 0.4) is 0 Å². The number of hydrogen-bond acceptors (Lipinski definition) is 6. The third kappa shape index (κ3) is 5.16. The Bertz CT molecular complexity index is 1070. The highest BCUT2D eigenvalue weighted by atomic mass is 32.2. The first-order valence-electron chi connectivity index (χ1n) is 10.4. The van der Waals surface area contributed by atoms with Gasteiger partial charge in [0.25, 0.3) is 5.91 Å². The molecule has 0 unspecified atom stereocenters. The van der Waals surface area contributed by atoms with Gasteiger partial charge in [0.05, 0.1) is 22.1 Å². The Hall–Kier alpha value is -2.23. The van der Waals surface area contributed by atoms with Crippen LogP contribution in [0.5, 0.6) is 0 Å². The van der Waals surface area contributed by atoms with Gasteiger partial charge in [0.1, 0.15) is 5.00 Å². The fraction of sp³-hybridized carbons (Fsp3) is 0.455. The van der Waals surface area contributed by atoms with Gasteiger partial charge in [-0.2, -0.15) is 0 Å². The van der Waals surface area contributed by atoms with E-state index >= 15 is 0 Å². The Morgan fingerprint density at radius 1 is 1.23 bits per heavy atom. The molecule has 0 saturated carbocycles. The van der Waals surface area contributed by atoms with Crippen LogP contribution in [0.4, 0.5) is 5.00 Å². The Balaban J connectivity index is 1.74. The van der Waals surface area contributed by atoms with E-state index in [-0.39, 0.29) is 17.2 Å². The first-order valence-corrected chi connectivity index (χ1v) is 12.8. The molecular weight excluding hydrogens is 434 g/mol. The normalized spacial score (nSPS) is 14.5. The Morgan fingerprint density at radius 3 is 2.48 bits per heavy atom. The number of rotatable bonds is 8. The third-order valence-corrected chi connectivity index (χ3v) is 8.71. The lowest BCUT2D eigenvalue weighted by Crippen LogP contribution is -2.31. The van der Waals surface area contributed by atoms with Crippen molar-refractivity contribution in [2.45, 2.75) is 56.7 Å². The van der Waals surface area contributed by atoms with Crippen molar-refractivity contribution in [2.24, 2.45) is 5.73 Å². The van der Waals surface area contributed by atoms with Crippen molar-refractivity contribution in [2.75, 3.05) is 18.4 Å². The second-order valence-corrected chi connectivity index (χ2v) is 11.7. The highest BCUT2D eigenvalue weighted by Crippen LogP contribution is 2.37. The van der Waals surface area contributed by atoms with E-state index in [2.05, 4.69) is 17.1 Å². The van der Waals surface area contributed by atoms with E-state index in [9.17, 15) is 18.0 Å². The zero-order valence-electron chi connectivity index (χ0n) is 18.1. The summed E-state index contributed by atoms with van der Waals surface area (Å²) in [6, 6.07) is 6.34. The number of nitrogens with one attached hydrogen (secondary N) is 1. The summed E-state index contributed by atoms with van der Waals surface area (Å²) in [5, 5.41) is 2.84. The molecule has 7 nitrogen and oxygen atoms in total. The molecule has 2 aromatic rings. The second kappa shape index (κ2) is 9.50. The van der Waals surface area contributed by atoms with E-state index in [1.165, 1.54) is 23.5 Å². The molecule has 3 N–H and O–H groups in total. The molecule has 0 radical (unpaired) electrons. The maximum absolute atomic E-state index is 12.6. The fourth-order valence-corrected chi connectivity index (χ4v) is 6.11. The Morgan fingerprint density at radius 2 is 1.90 bits per heavy atom. The first kappa shape index (κ1) is 23.4. The number of carbonyl (C=O) groups is 2. The molecular formula is C22H29N3O4S2. The van der Waals surface area contributed by atoms with Crippen molar-refractivity contribution < 1.29 is 18.0 Å². The summed E-state index contributed by atoms with van der Waals surface area (Å²) >= 11 is 1.41. The summed E-state index contributed by atoms with van der Waals surface area (Å²) in [5.74, 6) is -0.800. The highest BCUT2D eigenvalue weighted by molar-refractivity contribution is 7.92. The Labute approximate surface area is 187 Å². The third-order valence-electron chi connectivity index (χ3n) is 5.41. The molecule has 1 aliphatic rings. The summed E-state index contributed by atoms with van der Waals surface area (Å²) in [4.78, 5) is 28.4. The predicted octanol–water partition coefficient (Wildman–Crippen LogP) is 2.98. The summed E-state index contributed by atoms with van der Waals surface area (Å²) in [6.07, 6.45) is 1.88. The molecule has 0 bridgehead atoms. The molecule has 2 amide bonds. The molecule has 3 rings (SSSR count). The molecule has 31 heavy (non-hydrogen) atoms. The first-order chi connectivity index (χ1) is 14.6. The number of thiophene rings is 1. The molecule has 0 spiro atoms. The van der Waals surface area contributed by atoms with Gasteiger partial charge >= 0.3 is 0 Å². The van der Waals surface area contributed by atoms with Crippen LogP contribution >= 0.6 is 11.3 Å². The number of benzene rings is 1. The maximum atomic E-state index is 12.6. The summed E-state index contributed by atoms with van der Waals surface area (Å²) in [5.41, 5.74) is 7.69. The lowest BCUT2D eigenvalue weighted by molar-refractivity contribution is -0.115. The van der Waals surface area contributed by atoms with Crippen LogP contribution in [0, 0.1) is 0 Å². The molecule has 0 atom stereocenters. The molecule has 0 aliphatic carbocycles. The second-order valence-electron chi connectivity index (χ2n) is 8.06. The zero-order chi connectivity index (χ0) is 22.8. The highest BCUT2D eigenvalue weighted by Gasteiger charge is 2.27. The largest absolute Gasteiger partial charge is 0.365 e. The summed E-state index contributed by atoms with van der Waals surface area (Å²) < 4.78 is 24.5. The zero-order valence-corrected chi connectivity index (χ0v) is 19.7. The maximum Gasteiger partial charge on any atom is 0.251 e. The lowest BCUT2D eigenvalue weighted by atomic mass is 10.0. The van der Waals surface area contributed by atoms with Crippen LogP contribution in [0.15, 0.2) is 29.2 Å². The number of sulfone groups is 1. The van der Waals surface area contributed by atoms with Gasteiger partial charge in [0.15, 0.2) is 9.84 Å². The van der Waals surface area contributed by atoms with Crippen molar-refractivity contribution in [3.8, 4) is 0 Å². The van der Waals surface area contributed by atoms with Gasteiger partial charge in [-0.25, -0.2) is 8.42 Å². The molecule has 0 saturated heterocycles. The molecule has 168 valence electrons. The lowest BCUT2D eigenvalue weighted by Gasteiger charge is -2.26. The van der Waals surface area contributed by atoms with Crippen molar-refractivity contribution in [1.82, 2.24) is 4.90 Å². The fourth-order valence-electron chi connectivity index (χ4n) is 3.74. The van der Waals surface area contributed by atoms with Gasteiger partial charge in [0.2, 0.25) is 5.91 Å². The SMILES string of the molecule is CCCN1CCc2c(sc(NC(=O)Cc3ccc(S(=O)(=O)C(C)C)cc3)c2C(N)=O)C1. The van der Waals surface area contributed by atoms with Crippen molar-refractivity contribution in [1.29, 1.82) is 0 Å². The minimum absolute atomic E-state index is 0.0741. The topological polar surface area (TPSA) is 110 Å². The van der Waals surface area contributed by atoms with Crippen LogP contribution < -0.4 is 11.1 Å². The standard InChI is InChI=1S/C22H29N3O4S2/c1-4-10-25-11-9-17-18(13-25)30-22(20(17)21(23)27)24-19(26)12-15-5-7-16(8-6-15)31(28,29)14(2)3/h5-8,14H,4,9-13H2,1-3H3,(H2,23,27)(H,24,26). The van der Waals surface area contributed by atoms with Crippen molar-refractivity contribution in [3.05, 3.63) is 45.8 Å². The van der Waals surface area contributed by atoms with Crippen LogP contribution in [0.1, 0.15) is 53.6 Å². The minimum Gasteiger partial charge on any atom is -0.365 e. The number of nitrogens with two attached hydrogens (primary N) is 1. The molecule has 1 aromatic carbocycles. The number of nitrogens with zero attached hydrogens (tertiary/aromatic N) is 1. The van der Waals surface area contributed by atoms with Gasteiger partial charge < -0.3 is 11.1 Å². The van der Waals surface area contributed by atoms with Gasteiger partial charge in [-0.1, -0.05) is 19.1 Å². The summed E-state index contributed by atoms with van der Waals surface area (Å²) in [7, 11) is -3.35. The van der Waals surface area contributed by atoms with Crippen LogP contribution in [-0.4, -0.2) is 43.5 Å². The monoisotopic (exact) mass is 463 g/mol. The van der Waals surface area contributed by atoms with Gasteiger partial charge in [0, 0.05) is 18.0 Å². The quantitative estimate of drug-likeness (QED) is 0.625. The average Bonchev–Trinajstić information content (AvgIpc) is 3.05. The van der Waals surface area contributed by atoms with Crippen molar-refractivity contribution >= 4 is 38.0 Å². The van der Waals surface area contributed by atoms with E-state index in [0.29, 0.717) is 16.1 Å². The van der Waals surface area contributed by atoms with Crippen LogP contribution in [0.25, 0.3) is 0 Å².